The Morgan fingerprint density at radius 1 is 1.20 bits per heavy atom. The zero-order valence-corrected chi connectivity index (χ0v) is 21.0. The average Bonchev–Trinajstić information content (AvgIpc) is 3.01. The molecule has 8 nitrogen and oxygen atoms in total. The van der Waals surface area contributed by atoms with Gasteiger partial charge in [-0.05, 0) is 71.0 Å². The molecular formula is C27H34N6O2. The standard InChI is InChI=1S/C27H34N6O2/c1-19-9-7-11-23-25(19)33(27(29-23)30-26(35)21-13-14-28-20(2)17-21)22-10-5-6-16-32(18-22)24(34)12-8-15-31(3)4/h7-9,11-14,17,22H,5-6,10,15-16,18H2,1-4H3,(H,29,30,35)/t22-/m1/s1. The molecule has 8 heteroatoms. The van der Waals surface area contributed by atoms with E-state index in [1.807, 2.05) is 49.0 Å². The summed E-state index contributed by atoms with van der Waals surface area (Å²) in [4.78, 5) is 39.0. The second-order valence-corrected chi connectivity index (χ2v) is 9.49. The molecule has 0 unspecified atom stereocenters. The van der Waals surface area contributed by atoms with Crippen molar-refractivity contribution in [2.45, 2.75) is 39.2 Å². The monoisotopic (exact) mass is 474 g/mol. The first-order valence-corrected chi connectivity index (χ1v) is 12.1. The van der Waals surface area contributed by atoms with Gasteiger partial charge in [-0.1, -0.05) is 18.2 Å². The van der Waals surface area contributed by atoms with Gasteiger partial charge in [0.25, 0.3) is 5.91 Å². The summed E-state index contributed by atoms with van der Waals surface area (Å²) >= 11 is 0. The molecule has 0 aliphatic carbocycles. The molecule has 3 heterocycles. The smallest absolute Gasteiger partial charge is 0.258 e. The third-order valence-corrected chi connectivity index (χ3v) is 6.35. The molecule has 0 saturated carbocycles. The number of anilines is 1. The SMILES string of the molecule is Cc1cc(C(=O)Nc2nc3cccc(C)c3n2[C@@H]2CCCCN(C(=O)C=CCN(C)C)C2)ccn1. The predicted octanol–water partition coefficient (Wildman–Crippen LogP) is 3.97. The minimum Gasteiger partial charge on any atom is -0.337 e. The van der Waals surface area contributed by atoms with Crippen LogP contribution in [0.15, 0.2) is 48.7 Å². The van der Waals surface area contributed by atoms with Crippen molar-refractivity contribution in [3.63, 3.8) is 0 Å². The van der Waals surface area contributed by atoms with E-state index in [-0.39, 0.29) is 17.9 Å². The van der Waals surface area contributed by atoms with E-state index in [0.717, 1.165) is 54.6 Å². The summed E-state index contributed by atoms with van der Waals surface area (Å²) in [6, 6.07) is 9.47. The number of likely N-dealkylation sites (tertiary alicyclic amines) is 1. The fourth-order valence-electron chi connectivity index (χ4n) is 4.63. The van der Waals surface area contributed by atoms with Crippen LogP contribution in [0.2, 0.25) is 0 Å². The van der Waals surface area contributed by atoms with Gasteiger partial charge in [-0.2, -0.15) is 0 Å². The largest absolute Gasteiger partial charge is 0.337 e. The topological polar surface area (TPSA) is 83.4 Å². The lowest BCUT2D eigenvalue weighted by Gasteiger charge is -2.26. The molecule has 1 aromatic carbocycles. The number of imidazole rings is 1. The van der Waals surface area contributed by atoms with E-state index in [4.69, 9.17) is 4.98 Å². The number of carbonyl (C=O) groups is 2. The first-order valence-electron chi connectivity index (χ1n) is 12.1. The quantitative estimate of drug-likeness (QED) is 0.547. The maximum Gasteiger partial charge on any atom is 0.258 e. The zero-order chi connectivity index (χ0) is 24.9. The Balaban J connectivity index is 1.68. The summed E-state index contributed by atoms with van der Waals surface area (Å²) in [5, 5.41) is 3.04. The molecule has 2 amide bonds. The molecule has 2 aromatic heterocycles. The fourth-order valence-corrected chi connectivity index (χ4v) is 4.63. The maximum atomic E-state index is 13.1. The normalized spacial score (nSPS) is 16.7. The zero-order valence-electron chi connectivity index (χ0n) is 21.0. The molecular weight excluding hydrogens is 440 g/mol. The maximum absolute atomic E-state index is 13.1. The highest BCUT2D eigenvalue weighted by molar-refractivity contribution is 6.04. The number of pyridine rings is 1. The molecule has 4 rings (SSSR count). The van der Waals surface area contributed by atoms with Crippen molar-refractivity contribution in [2.75, 3.05) is 39.0 Å². The Kier molecular flexibility index (Phi) is 7.60. The summed E-state index contributed by atoms with van der Waals surface area (Å²) in [5.74, 6) is 0.312. The number of aromatic nitrogens is 3. The number of amides is 2. The van der Waals surface area contributed by atoms with Crippen LogP contribution in [-0.4, -0.2) is 69.9 Å². The fraction of sp³-hybridized carbons (Fsp3) is 0.407. The van der Waals surface area contributed by atoms with Gasteiger partial charge in [0, 0.05) is 43.2 Å². The summed E-state index contributed by atoms with van der Waals surface area (Å²) in [7, 11) is 3.96. The van der Waals surface area contributed by atoms with Crippen LogP contribution in [0.25, 0.3) is 11.0 Å². The van der Waals surface area contributed by atoms with Gasteiger partial charge in [0.1, 0.15) is 0 Å². The summed E-state index contributed by atoms with van der Waals surface area (Å²) in [5.41, 5.74) is 4.23. The second-order valence-electron chi connectivity index (χ2n) is 9.49. The van der Waals surface area contributed by atoms with Gasteiger partial charge in [0.2, 0.25) is 11.9 Å². The molecule has 1 aliphatic heterocycles. The number of hydrogen-bond acceptors (Lipinski definition) is 5. The Morgan fingerprint density at radius 3 is 2.80 bits per heavy atom. The molecule has 1 aliphatic rings. The van der Waals surface area contributed by atoms with Crippen LogP contribution in [-0.2, 0) is 4.79 Å². The third-order valence-electron chi connectivity index (χ3n) is 6.35. The molecule has 1 saturated heterocycles. The highest BCUT2D eigenvalue weighted by Crippen LogP contribution is 2.32. The number of rotatable bonds is 6. The second kappa shape index (κ2) is 10.8. The van der Waals surface area contributed by atoms with Crippen molar-refractivity contribution in [1.82, 2.24) is 24.3 Å². The lowest BCUT2D eigenvalue weighted by atomic mass is 10.1. The Hall–Kier alpha value is -3.52. The molecule has 1 atom stereocenters. The number of nitrogens with zero attached hydrogens (tertiary/aromatic N) is 5. The summed E-state index contributed by atoms with van der Waals surface area (Å²) in [6.45, 7) is 5.94. The Bertz CT molecular complexity index is 1250. The van der Waals surface area contributed by atoms with E-state index in [0.29, 0.717) is 18.1 Å². The average molecular weight is 475 g/mol. The van der Waals surface area contributed by atoms with E-state index < -0.39 is 0 Å². The number of nitrogens with one attached hydrogen (secondary N) is 1. The van der Waals surface area contributed by atoms with Crippen molar-refractivity contribution in [3.8, 4) is 0 Å². The summed E-state index contributed by atoms with van der Waals surface area (Å²) in [6.07, 6.45) is 8.07. The lowest BCUT2D eigenvalue weighted by molar-refractivity contribution is -0.126. The van der Waals surface area contributed by atoms with Gasteiger partial charge >= 0.3 is 0 Å². The van der Waals surface area contributed by atoms with Crippen LogP contribution in [0.4, 0.5) is 5.95 Å². The van der Waals surface area contributed by atoms with E-state index in [1.165, 1.54) is 0 Å². The van der Waals surface area contributed by atoms with Gasteiger partial charge in [-0.3, -0.25) is 19.9 Å². The number of hydrogen-bond donors (Lipinski definition) is 1. The third kappa shape index (κ3) is 5.77. The number of aryl methyl sites for hydroxylation is 2. The minimum absolute atomic E-state index is 0.00396. The number of likely N-dealkylation sites (N-methyl/N-ethyl adjacent to an activating group) is 1. The van der Waals surface area contributed by atoms with Crippen LogP contribution in [0, 0.1) is 13.8 Å². The van der Waals surface area contributed by atoms with Crippen LogP contribution in [0.1, 0.15) is 46.9 Å². The molecule has 35 heavy (non-hydrogen) atoms. The molecule has 1 fully saturated rings. The van der Waals surface area contributed by atoms with Gasteiger partial charge in [0.15, 0.2) is 0 Å². The molecule has 3 aromatic rings. The van der Waals surface area contributed by atoms with Crippen LogP contribution >= 0.6 is 0 Å². The number of benzene rings is 1. The first-order chi connectivity index (χ1) is 16.8. The molecule has 1 N–H and O–H groups in total. The van der Waals surface area contributed by atoms with Crippen LogP contribution < -0.4 is 5.32 Å². The Morgan fingerprint density at radius 2 is 2.03 bits per heavy atom. The number of para-hydroxylation sites is 1. The number of carbonyl (C=O) groups excluding carboxylic acids is 2. The first kappa shape index (κ1) is 24.6. The lowest BCUT2D eigenvalue weighted by Crippen LogP contribution is -2.35. The van der Waals surface area contributed by atoms with E-state index in [9.17, 15) is 9.59 Å². The van der Waals surface area contributed by atoms with E-state index in [1.54, 1.807) is 24.4 Å². The molecule has 0 radical (unpaired) electrons. The van der Waals surface area contributed by atoms with E-state index >= 15 is 0 Å². The van der Waals surface area contributed by atoms with Crippen molar-refractivity contribution in [2.24, 2.45) is 0 Å². The Labute approximate surface area is 206 Å². The van der Waals surface area contributed by atoms with Gasteiger partial charge in [-0.25, -0.2) is 4.98 Å². The van der Waals surface area contributed by atoms with Gasteiger partial charge < -0.3 is 14.4 Å². The highest BCUT2D eigenvalue weighted by atomic mass is 16.2. The van der Waals surface area contributed by atoms with Crippen LogP contribution in [0.3, 0.4) is 0 Å². The number of fused-ring (bicyclic) bond motifs is 1. The minimum atomic E-state index is -0.224. The van der Waals surface area contributed by atoms with Gasteiger partial charge in [-0.15, -0.1) is 0 Å². The van der Waals surface area contributed by atoms with Crippen molar-refractivity contribution >= 4 is 28.8 Å². The molecule has 0 bridgehead atoms. The highest BCUT2D eigenvalue weighted by Gasteiger charge is 2.27. The van der Waals surface area contributed by atoms with Crippen molar-refractivity contribution < 1.29 is 9.59 Å². The molecule has 184 valence electrons. The van der Waals surface area contributed by atoms with Crippen LogP contribution in [0.5, 0.6) is 0 Å². The summed E-state index contributed by atoms with van der Waals surface area (Å²) < 4.78 is 2.13. The van der Waals surface area contributed by atoms with Crippen molar-refractivity contribution in [3.05, 3.63) is 65.5 Å². The van der Waals surface area contributed by atoms with Gasteiger partial charge in [0.05, 0.1) is 17.1 Å². The van der Waals surface area contributed by atoms with E-state index in [2.05, 4.69) is 27.9 Å². The predicted molar refractivity (Wildman–Crippen MR) is 139 cm³/mol. The van der Waals surface area contributed by atoms with Crippen molar-refractivity contribution in [1.29, 1.82) is 0 Å². The molecule has 0 spiro atoms.